The van der Waals surface area contributed by atoms with Crippen LogP contribution in [0.4, 0.5) is 0 Å². The van der Waals surface area contributed by atoms with E-state index in [0.717, 1.165) is 94.8 Å². The van der Waals surface area contributed by atoms with E-state index in [9.17, 15) is 23.1 Å². The lowest BCUT2D eigenvalue weighted by Crippen LogP contribution is -2.32. The molecule has 16 heteroatoms. The first kappa shape index (κ1) is 93.7. The second-order valence-corrected chi connectivity index (χ2v) is 24.8. The standard InChI is InChI=1S/C18H20O2.C14H12OS.C9H12.C8H10O2S.2C5H11NO.C3H9N.C3H8O2.C3H8.C2H6S.C2H6.CH4O.CH4/c1-13-4-6-14(7-5-13)12-15-8-10-16(11-9-15)17(19)18(2,3)20;1-16-13-9-7-12(8-10-13)14(15)11-5-3-2-4-6-11;1-3-9-6-4-8(2)5-7-9;1-7-3-5-8(6-4-7)11(2,9)10;2*1-6-2-4-7-5-3-6;1-4(2)3;1-5-3-2-4;2*1-3-2;2*1-2;/h4-11,20H,12H2,1-3H3;2-10H,1H3;4-7H,3H2,1-2H3;3-6H,1-2H3;2*2-5H2,1H3;1-3H3;4H,2-3H2,1H3;3H2,1-2H3;1-2H3;1-2H3;2H,1H3;1H4. The van der Waals surface area contributed by atoms with Gasteiger partial charge in [-0.25, -0.2) is 8.42 Å². The Morgan fingerprint density at radius 1 is 0.600 bits per heavy atom. The van der Waals surface area contributed by atoms with Gasteiger partial charge in [0.05, 0.1) is 44.5 Å². The highest BCUT2D eigenvalue weighted by Gasteiger charge is 2.25. The molecule has 0 unspecified atom stereocenters. The molecule has 2 aliphatic heterocycles. The zero-order chi connectivity index (χ0) is 68.6. The Kier molecular flexibility index (Phi) is 62.7. The summed E-state index contributed by atoms with van der Waals surface area (Å²) in [6, 6.07) is 48.4. The van der Waals surface area contributed by atoms with E-state index >= 15 is 0 Å². The van der Waals surface area contributed by atoms with Crippen LogP contribution in [0.15, 0.2) is 161 Å². The van der Waals surface area contributed by atoms with Gasteiger partial charge in [-0.15, -0.1) is 11.8 Å². The van der Waals surface area contributed by atoms with Crippen molar-refractivity contribution in [1.82, 2.24) is 14.7 Å². The molecule has 3 N–H and O–H groups in total. The number of thioether (sulfide) groups is 2. The van der Waals surface area contributed by atoms with Gasteiger partial charge in [-0.3, -0.25) is 9.59 Å². The lowest BCUT2D eigenvalue weighted by atomic mass is 9.95. The lowest BCUT2D eigenvalue weighted by molar-refractivity contribution is 0.0488. The Bertz CT molecular complexity index is 2640. The van der Waals surface area contributed by atoms with E-state index in [0.29, 0.717) is 17.1 Å². The third-order valence-corrected chi connectivity index (χ3v) is 13.3. The van der Waals surface area contributed by atoms with E-state index in [-0.39, 0.29) is 25.6 Å². The molecule has 0 radical (unpaired) electrons. The third-order valence-electron chi connectivity index (χ3n) is 11.4. The number of nitrogens with zero attached hydrogens (tertiary/aromatic N) is 3. The predicted octanol–water partition coefficient (Wildman–Crippen LogP) is 14.5. The Hall–Kier alpha value is -5.05. The summed E-state index contributed by atoms with van der Waals surface area (Å²) in [7, 11) is 9.76. The van der Waals surface area contributed by atoms with Crippen molar-refractivity contribution < 1.29 is 47.5 Å². The number of aryl methyl sites for hydroxylation is 4. The summed E-state index contributed by atoms with van der Waals surface area (Å²) < 4.78 is 36.5. The molecule has 0 spiro atoms. The van der Waals surface area contributed by atoms with Gasteiger partial charge >= 0.3 is 0 Å². The summed E-state index contributed by atoms with van der Waals surface area (Å²) in [4.78, 5) is 32.0. The summed E-state index contributed by atoms with van der Waals surface area (Å²) in [5.41, 5.74) is 8.18. The van der Waals surface area contributed by atoms with Crippen LogP contribution in [0, 0.1) is 20.8 Å². The molecular weight excluding hydrogens is 1190 g/mol. The van der Waals surface area contributed by atoms with E-state index in [4.69, 9.17) is 19.7 Å². The van der Waals surface area contributed by atoms with Crippen molar-refractivity contribution in [2.75, 3.05) is 140 Å². The summed E-state index contributed by atoms with van der Waals surface area (Å²) in [6.07, 6.45) is 10.5. The van der Waals surface area contributed by atoms with Gasteiger partial charge < -0.3 is 44.2 Å². The molecular formula is C74H121N3O10S3. The number of aliphatic hydroxyl groups is 3. The number of sulfone groups is 1. The second kappa shape index (κ2) is 60.2. The number of carbonyl (C=O) groups excluding carboxylic acids is 2. The SMILES string of the molecule is C.CC.CCC.CCc1ccc(C)cc1.CN(C)C.CN1CCOCC1.CN1CCOCC1.CO.COCCO.CSC.CSc1ccc(C(=O)c2ccccc2)cc1.Cc1ccc(Cc2ccc(C(=O)C(C)(C)O)cc2)cc1.Cc1ccc(S(C)(=O)=O)cc1. The average molecular weight is 1310 g/mol. The van der Waals surface area contributed by atoms with Gasteiger partial charge in [0.1, 0.15) is 5.60 Å². The minimum atomic E-state index is -3.02. The van der Waals surface area contributed by atoms with Gasteiger partial charge in [-0.1, -0.05) is 180 Å². The summed E-state index contributed by atoms with van der Waals surface area (Å²) >= 11 is 3.42. The van der Waals surface area contributed by atoms with Gasteiger partial charge in [0.15, 0.2) is 21.4 Å². The fourth-order valence-corrected chi connectivity index (χ4v) is 7.62. The van der Waals surface area contributed by atoms with Crippen LogP contribution >= 0.6 is 23.5 Å². The number of Topliss-reactive ketones (excluding diaryl/α,β-unsaturated/α-hetero) is 1. The normalized spacial score (nSPS) is 12.0. The summed E-state index contributed by atoms with van der Waals surface area (Å²) in [5.74, 6) is -0.173. The number of methoxy groups -OCH3 is 1. The third kappa shape index (κ3) is 52.6. The number of ether oxygens (including phenoxy) is 3. The van der Waals surface area contributed by atoms with Crippen molar-refractivity contribution in [3.8, 4) is 0 Å². The van der Waals surface area contributed by atoms with E-state index in [2.05, 4.69) is 112 Å². The molecule has 2 saturated heterocycles. The number of morpholine rings is 2. The molecule has 0 bridgehead atoms. The minimum Gasteiger partial charge on any atom is -0.400 e. The first-order valence-electron chi connectivity index (χ1n) is 30.3. The summed E-state index contributed by atoms with van der Waals surface area (Å²) in [5, 5.41) is 24.7. The fraction of sp³-hybridized carbons (Fsp3) is 0.486. The molecule has 0 saturated carbocycles. The van der Waals surface area contributed by atoms with Gasteiger partial charge in [0.2, 0.25) is 0 Å². The number of aliphatic hydroxyl groups excluding tert-OH is 2. The van der Waals surface area contributed by atoms with Crippen LogP contribution in [0.1, 0.15) is 122 Å². The first-order chi connectivity index (χ1) is 42.3. The van der Waals surface area contributed by atoms with Crippen LogP contribution in [0.25, 0.3) is 0 Å². The highest BCUT2D eigenvalue weighted by atomic mass is 32.2. The van der Waals surface area contributed by atoms with Crippen LogP contribution in [0.3, 0.4) is 0 Å². The lowest BCUT2D eigenvalue weighted by Gasteiger charge is -2.21. The van der Waals surface area contributed by atoms with Crippen LogP contribution in [0.5, 0.6) is 0 Å². The molecule has 8 rings (SSSR count). The number of hydrogen-bond donors (Lipinski definition) is 3. The summed E-state index contributed by atoms with van der Waals surface area (Å²) in [6.45, 7) is 28.2. The number of likely N-dealkylation sites (N-methyl/N-ethyl adjacent to an activating group) is 2. The maximum Gasteiger partial charge on any atom is 0.193 e. The molecule has 0 amide bonds. The molecule has 6 aromatic rings. The van der Waals surface area contributed by atoms with Gasteiger partial charge in [-0.05, 0) is 155 Å². The van der Waals surface area contributed by atoms with Gasteiger partial charge in [0, 0.05) is 68.2 Å². The minimum absolute atomic E-state index is 0. The smallest absolute Gasteiger partial charge is 0.193 e. The van der Waals surface area contributed by atoms with Crippen molar-refractivity contribution in [3.05, 3.63) is 202 Å². The number of rotatable bonds is 11. The maximum atomic E-state index is 12.0. The zero-order valence-corrected chi connectivity index (χ0v) is 60.8. The average Bonchev–Trinajstić information content (AvgIpc) is 3.14. The first-order valence-corrected chi connectivity index (χ1v) is 35.1. The highest BCUT2D eigenvalue weighted by Crippen LogP contribution is 2.18. The van der Waals surface area contributed by atoms with Crippen LogP contribution < -0.4 is 0 Å². The highest BCUT2D eigenvalue weighted by molar-refractivity contribution is 7.98. The Balaban J connectivity index is -0.000000311. The molecule has 90 heavy (non-hydrogen) atoms. The molecule has 0 aromatic heterocycles. The molecule has 2 fully saturated rings. The number of benzene rings is 6. The Morgan fingerprint density at radius 2 is 0.922 bits per heavy atom. The maximum absolute atomic E-state index is 12.0. The van der Waals surface area contributed by atoms with Crippen molar-refractivity contribution in [1.29, 1.82) is 0 Å². The van der Waals surface area contributed by atoms with Crippen molar-refractivity contribution in [3.63, 3.8) is 0 Å². The topological polar surface area (TPSA) is 166 Å². The second-order valence-electron chi connectivity index (χ2n) is 21.1. The number of ketones is 2. The fourth-order valence-electron chi connectivity index (χ4n) is 6.58. The van der Waals surface area contributed by atoms with E-state index in [1.165, 1.54) is 53.7 Å². The van der Waals surface area contributed by atoms with Crippen molar-refractivity contribution in [2.24, 2.45) is 0 Å². The van der Waals surface area contributed by atoms with Crippen LogP contribution in [-0.4, -0.2) is 196 Å². The monoisotopic (exact) mass is 1310 g/mol. The predicted molar refractivity (Wildman–Crippen MR) is 391 cm³/mol. The van der Waals surface area contributed by atoms with E-state index < -0.39 is 15.4 Å². The van der Waals surface area contributed by atoms with Crippen LogP contribution in [-0.2, 0) is 36.9 Å². The van der Waals surface area contributed by atoms with E-state index in [1.54, 1.807) is 67.0 Å². The number of carbonyl (C=O) groups is 2. The van der Waals surface area contributed by atoms with Gasteiger partial charge in [0.25, 0.3) is 0 Å². The van der Waals surface area contributed by atoms with Crippen LogP contribution in [0.2, 0.25) is 0 Å². The van der Waals surface area contributed by atoms with Gasteiger partial charge in [-0.2, -0.15) is 11.8 Å². The molecule has 6 aromatic carbocycles. The zero-order valence-electron chi connectivity index (χ0n) is 58.4. The Labute approximate surface area is 557 Å². The largest absolute Gasteiger partial charge is 0.400 e. The quantitative estimate of drug-likeness (QED) is 0.0828. The molecule has 2 aliphatic rings. The van der Waals surface area contributed by atoms with Crippen molar-refractivity contribution >= 4 is 44.9 Å². The number of hydrogen-bond acceptors (Lipinski definition) is 15. The van der Waals surface area contributed by atoms with E-state index in [1.807, 2.05) is 132 Å². The molecule has 510 valence electrons. The molecule has 13 nitrogen and oxygen atoms in total. The molecule has 0 atom stereocenters. The molecule has 0 aliphatic carbocycles. The Morgan fingerprint density at radius 3 is 1.20 bits per heavy atom. The van der Waals surface area contributed by atoms with Crippen molar-refractivity contribution in [2.45, 2.75) is 111 Å². The molecule has 2 heterocycles.